The second-order valence-electron chi connectivity index (χ2n) is 5.68. The first-order valence-electron chi connectivity index (χ1n) is 6.85. The molecule has 3 nitrogen and oxygen atoms in total. The molecule has 2 saturated carbocycles. The molecule has 1 aromatic carbocycles. The number of para-hydroxylation sites is 2. The quantitative estimate of drug-likeness (QED) is 0.901. The Kier molecular flexibility index (Phi) is 2.24. The smallest absolute Gasteiger partial charge is 0.198 e. The fraction of sp³-hybridized carbons (Fsp3) is 0.533. The third kappa shape index (κ3) is 1.57. The van der Waals surface area contributed by atoms with Gasteiger partial charge in [0.25, 0.3) is 0 Å². The third-order valence-electron chi connectivity index (χ3n) is 4.64. The highest BCUT2D eigenvalue weighted by Gasteiger charge is 2.55. The number of oxazole rings is 1. The Morgan fingerprint density at radius 1 is 1.28 bits per heavy atom. The molecule has 3 heteroatoms. The zero-order chi connectivity index (χ0) is 12.1. The maximum Gasteiger partial charge on any atom is 0.198 e. The number of aliphatic hydroxyl groups is 1. The van der Waals surface area contributed by atoms with Gasteiger partial charge in [0.05, 0.1) is 12.5 Å². The second-order valence-corrected chi connectivity index (χ2v) is 5.68. The molecule has 1 aromatic heterocycles. The normalized spacial score (nSPS) is 31.5. The topological polar surface area (TPSA) is 46.3 Å². The first kappa shape index (κ1) is 10.6. The maximum atomic E-state index is 10.3. The van der Waals surface area contributed by atoms with E-state index < -0.39 is 0 Å². The molecule has 1 N–H and O–H groups in total. The first-order chi connectivity index (χ1) is 8.83. The van der Waals surface area contributed by atoms with Crippen LogP contribution in [-0.4, -0.2) is 16.2 Å². The summed E-state index contributed by atoms with van der Waals surface area (Å²) in [7, 11) is 0. The Hall–Kier alpha value is -1.35. The van der Waals surface area contributed by atoms with Crippen LogP contribution in [0.5, 0.6) is 0 Å². The number of aromatic nitrogens is 1. The second kappa shape index (κ2) is 3.82. The van der Waals surface area contributed by atoms with E-state index in [0.29, 0.717) is 18.2 Å². The summed E-state index contributed by atoms with van der Waals surface area (Å²) >= 11 is 0. The average molecular weight is 243 g/mol. The highest BCUT2D eigenvalue weighted by atomic mass is 16.4. The van der Waals surface area contributed by atoms with Gasteiger partial charge in [-0.2, -0.15) is 0 Å². The molecular formula is C15H17NO2. The molecule has 2 fully saturated rings. The molecule has 0 spiro atoms. The van der Waals surface area contributed by atoms with Crippen molar-refractivity contribution in [2.24, 2.45) is 17.8 Å². The summed E-state index contributed by atoms with van der Waals surface area (Å²) in [5, 5.41) is 10.3. The Labute approximate surface area is 106 Å². The highest BCUT2D eigenvalue weighted by molar-refractivity contribution is 5.72. The summed E-state index contributed by atoms with van der Waals surface area (Å²) in [6, 6.07) is 7.76. The molecule has 0 saturated heterocycles. The predicted octanol–water partition coefficient (Wildman–Crippen LogP) is 2.78. The standard InChI is InChI=1S/C15H17NO2/c17-12(15-9-4-3-5-10(9)15)8-14-16-11-6-1-2-7-13(11)18-14/h1-2,6-7,9-10,12,15,17H,3-5,8H2. The van der Waals surface area contributed by atoms with Crippen LogP contribution in [-0.2, 0) is 6.42 Å². The van der Waals surface area contributed by atoms with Crippen LogP contribution in [0.2, 0.25) is 0 Å². The summed E-state index contributed by atoms with van der Waals surface area (Å²) in [5.41, 5.74) is 1.70. The number of hydrogen-bond acceptors (Lipinski definition) is 3. The van der Waals surface area contributed by atoms with Crippen molar-refractivity contribution in [1.29, 1.82) is 0 Å². The zero-order valence-electron chi connectivity index (χ0n) is 10.2. The van der Waals surface area contributed by atoms with Gasteiger partial charge in [0.2, 0.25) is 0 Å². The van der Waals surface area contributed by atoms with Gasteiger partial charge in [-0.15, -0.1) is 0 Å². The molecule has 2 aliphatic carbocycles. The zero-order valence-corrected chi connectivity index (χ0v) is 10.2. The summed E-state index contributed by atoms with van der Waals surface area (Å²) in [6.07, 6.45) is 4.25. The molecule has 0 bridgehead atoms. The lowest BCUT2D eigenvalue weighted by Gasteiger charge is -2.09. The van der Waals surface area contributed by atoms with Crippen molar-refractivity contribution >= 4 is 11.1 Å². The van der Waals surface area contributed by atoms with Crippen LogP contribution in [0.3, 0.4) is 0 Å². The average Bonchev–Trinajstić information content (AvgIpc) is 2.77. The number of fused-ring (bicyclic) bond motifs is 2. The van der Waals surface area contributed by atoms with Crippen LogP contribution in [0.15, 0.2) is 28.7 Å². The van der Waals surface area contributed by atoms with E-state index >= 15 is 0 Å². The number of rotatable bonds is 3. The SMILES string of the molecule is OC(Cc1nc2ccccc2o1)C1C2CCCC21. The molecule has 94 valence electrons. The summed E-state index contributed by atoms with van der Waals surface area (Å²) in [5.74, 6) is 2.75. The van der Waals surface area contributed by atoms with Crippen LogP contribution in [0.25, 0.3) is 11.1 Å². The fourth-order valence-electron chi connectivity index (χ4n) is 3.77. The summed E-state index contributed by atoms with van der Waals surface area (Å²) in [6.45, 7) is 0. The lowest BCUT2D eigenvalue weighted by atomic mass is 10.0. The highest BCUT2D eigenvalue weighted by Crippen LogP contribution is 2.59. The van der Waals surface area contributed by atoms with Crippen molar-refractivity contribution in [2.45, 2.75) is 31.8 Å². The number of nitrogens with zero attached hydrogens (tertiary/aromatic N) is 1. The first-order valence-corrected chi connectivity index (χ1v) is 6.85. The molecule has 4 rings (SSSR count). The van der Waals surface area contributed by atoms with Crippen molar-refractivity contribution in [3.8, 4) is 0 Å². The minimum absolute atomic E-state index is 0.270. The van der Waals surface area contributed by atoms with Crippen molar-refractivity contribution in [2.75, 3.05) is 0 Å². The monoisotopic (exact) mass is 243 g/mol. The van der Waals surface area contributed by atoms with E-state index in [1.807, 2.05) is 24.3 Å². The minimum atomic E-state index is -0.270. The molecule has 2 aromatic rings. The van der Waals surface area contributed by atoms with E-state index in [2.05, 4.69) is 4.98 Å². The minimum Gasteiger partial charge on any atom is -0.441 e. The Morgan fingerprint density at radius 2 is 2.06 bits per heavy atom. The van der Waals surface area contributed by atoms with E-state index in [1.165, 1.54) is 19.3 Å². The van der Waals surface area contributed by atoms with Gasteiger partial charge in [0.1, 0.15) is 5.52 Å². The molecule has 0 aliphatic heterocycles. The fourth-order valence-corrected chi connectivity index (χ4v) is 3.77. The molecular weight excluding hydrogens is 226 g/mol. The summed E-state index contributed by atoms with van der Waals surface area (Å²) < 4.78 is 5.67. The molecule has 3 unspecified atom stereocenters. The van der Waals surface area contributed by atoms with Crippen LogP contribution < -0.4 is 0 Å². The number of aliphatic hydroxyl groups excluding tert-OH is 1. The molecule has 18 heavy (non-hydrogen) atoms. The van der Waals surface area contributed by atoms with Gasteiger partial charge < -0.3 is 9.52 Å². The molecule has 0 radical (unpaired) electrons. The Bertz CT molecular complexity index is 534. The number of benzene rings is 1. The van der Waals surface area contributed by atoms with Crippen molar-refractivity contribution in [3.63, 3.8) is 0 Å². The van der Waals surface area contributed by atoms with E-state index in [9.17, 15) is 5.11 Å². The van der Waals surface area contributed by atoms with Crippen LogP contribution >= 0.6 is 0 Å². The van der Waals surface area contributed by atoms with Gasteiger partial charge in [-0.25, -0.2) is 4.98 Å². The van der Waals surface area contributed by atoms with E-state index in [0.717, 1.165) is 22.9 Å². The predicted molar refractivity (Wildman–Crippen MR) is 68.0 cm³/mol. The van der Waals surface area contributed by atoms with E-state index in [4.69, 9.17) is 4.42 Å². The lowest BCUT2D eigenvalue weighted by molar-refractivity contribution is 0.128. The third-order valence-corrected chi connectivity index (χ3v) is 4.64. The molecule has 2 aliphatic rings. The summed E-state index contributed by atoms with van der Waals surface area (Å²) in [4.78, 5) is 4.43. The van der Waals surface area contributed by atoms with E-state index in [-0.39, 0.29) is 6.10 Å². The lowest BCUT2D eigenvalue weighted by Crippen LogP contribution is -2.16. The van der Waals surface area contributed by atoms with Gasteiger partial charge in [-0.1, -0.05) is 18.6 Å². The largest absolute Gasteiger partial charge is 0.441 e. The van der Waals surface area contributed by atoms with Gasteiger partial charge in [-0.3, -0.25) is 0 Å². The van der Waals surface area contributed by atoms with Crippen LogP contribution in [0, 0.1) is 17.8 Å². The van der Waals surface area contributed by atoms with Crippen LogP contribution in [0.1, 0.15) is 25.2 Å². The maximum absolute atomic E-state index is 10.3. The van der Waals surface area contributed by atoms with Crippen molar-refractivity contribution in [1.82, 2.24) is 4.98 Å². The Morgan fingerprint density at radius 3 is 2.83 bits per heavy atom. The Balaban J connectivity index is 1.50. The van der Waals surface area contributed by atoms with Gasteiger partial charge >= 0.3 is 0 Å². The van der Waals surface area contributed by atoms with Crippen molar-refractivity contribution in [3.05, 3.63) is 30.2 Å². The molecule has 1 heterocycles. The van der Waals surface area contributed by atoms with Gasteiger partial charge in [0, 0.05) is 0 Å². The molecule has 3 atom stereocenters. The van der Waals surface area contributed by atoms with Crippen LogP contribution in [0.4, 0.5) is 0 Å². The van der Waals surface area contributed by atoms with Crippen molar-refractivity contribution < 1.29 is 9.52 Å². The number of hydrogen-bond donors (Lipinski definition) is 1. The van der Waals surface area contributed by atoms with E-state index in [1.54, 1.807) is 0 Å². The van der Waals surface area contributed by atoms with Gasteiger partial charge in [0.15, 0.2) is 11.5 Å². The molecule has 0 amide bonds. The van der Waals surface area contributed by atoms with Gasteiger partial charge in [-0.05, 0) is 42.7 Å².